The number of halogens is 8. The zero-order valence-corrected chi connectivity index (χ0v) is 33.2. The van der Waals surface area contributed by atoms with E-state index in [-0.39, 0.29) is 54.8 Å². The monoisotopic (exact) mass is 804 g/mol. The van der Waals surface area contributed by atoms with Gasteiger partial charge in [0.05, 0.1) is 56.4 Å². The number of hydrogen-bond acceptors (Lipinski definition) is 5. The third-order valence-electron chi connectivity index (χ3n) is 6.73. The molecule has 0 atom stereocenters. The Hall–Kier alpha value is -3.68. The summed E-state index contributed by atoms with van der Waals surface area (Å²) in [6, 6.07) is 25.8. The van der Waals surface area contributed by atoms with Gasteiger partial charge in [-0.25, -0.2) is 4.39 Å². The molecule has 4 rings (SSSR count). The summed E-state index contributed by atoms with van der Waals surface area (Å²) in [6.45, 7) is 16.1. The average Bonchev–Trinajstić information content (AvgIpc) is 3.09. The summed E-state index contributed by atoms with van der Waals surface area (Å²) in [5, 5.41) is 0.776. The molecular formula is C42H52ClF7O5. The SMILES string of the molecule is CC(C)OCc1ccccc1C(F)(F)F.CC(C)OCc1ccccc1Cl.CC(C)OCc1ccccc1F.CC(C)OCc1ccccc1OC(F)(F)F. The second-order valence-corrected chi connectivity index (χ2v) is 13.3. The molecule has 55 heavy (non-hydrogen) atoms. The highest BCUT2D eigenvalue weighted by atomic mass is 35.5. The molecule has 0 radical (unpaired) electrons. The standard InChI is InChI=1S/C11H13F3O2.C11H13F3O.C10H13ClO.C10H13FO/c1-8(2)15-7-9-5-3-4-6-10(9)16-11(12,13)14;1-8(2)15-7-9-5-3-4-6-10(9)11(12,13)14;2*1-8(2)12-7-9-5-3-4-6-10(9)11/h3-6,8H,7H2,1-2H3;3-6,8H,7H2,1-2H3;2*3-6,8H,7H2,1-2H3. The van der Waals surface area contributed by atoms with Gasteiger partial charge in [0.1, 0.15) is 11.6 Å². The van der Waals surface area contributed by atoms with E-state index in [4.69, 9.17) is 30.5 Å². The van der Waals surface area contributed by atoms with E-state index in [0.29, 0.717) is 24.3 Å². The normalized spacial score (nSPS) is 11.4. The van der Waals surface area contributed by atoms with Crippen LogP contribution < -0.4 is 4.74 Å². The summed E-state index contributed by atoms with van der Waals surface area (Å²) in [5.74, 6) is -0.409. The maximum absolute atomic E-state index is 13.0. The number of hydrogen-bond donors (Lipinski definition) is 0. The molecule has 0 aliphatic rings. The van der Waals surface area contributed by atoms with Gasteiger partial charge >= 0.3 is 12.5 Å². The molecule has 0 fully saturated rings. The zero-order chi connectivity index (χ0) is 41.6. The van der Waals surface area contributed by atoms with Crippen molar-refractivity contribution in [2.45, 2.75) is 119 Å². The van der Waals surface area contributed by atoms with Crippen molar-refractivity contribution >= 4 is 11.6 Å². The van der Waals surface area contributed by atoms with Gasteiger partial charge in [-0.1, -0.05) is 84.4 Å². The van der Waals surface area contributed by atoms with E-state index in [1.807, 2.05) is 71.9 Å². The molecule has 0 unspecified atom stereocenters. The lowest BCUT2D eigenvalue weighted by molar-refractivity contribution is -0.275. The number of alkyl halides is 6. The zero-order valence-electron chi connectivity index (χ0n) is 32.4. The van der Waals surface area contributed by atoms with Crippen LogP contribution in [0.3, 0.4) is 0 Å². The fourth-order valence-corrected chi connectivity index (χ4v) is 4.22. The van der Waals surface area contributed by atoms with Crippen molar-refractivity contribution < 1.29 is 54.4 Å². The van der Waals surface area contributed by atoms with Gasteiger partial charge in [-0.15, -0.1) is 13.2 Å². The fourth-order valence-electron chi connectivity index (χ4n) is 4.03. The summed E-state index contributed by atoms with van der Waals surface area (Å²) in [4.78, 5) is 0. The third-order valence-corrected chi connectivity index (χ3v) is 7.09. The van der Waals surface area contributed by atoms with Crippen molar-refractivity contribution in [2.75, 3.05) is 0 Å². The molecular weight excluding hydrogens is 753 g/mol. The quantitative estimate of drug-likeness (QED) is 0.126. The topological polar surface area (TPSA) is 46.2 Å². The first-order chi connectivity index (χ1) is 25.7. The van der Waals surface area contributed by atoms with E-state index in [1.165, 1.54) is 30.3 Å². The summed E-state index contributed by atoms with van der Waals surface area (Å²) in [6.07, 6.45) is -8.71. The lowest BCUT2D eigenvalue weighted by Crippen LogP contribution is -2.18. The minimum absolute atomic E-state index is 0.00660. The molecule has 0 spiro atoms. The van der Waals surface area contributed by atoms with Crippen LogP contribution in [-0.4, -0.2) is 30.8 Å². The highest BCUT2D eigenvalue weighted by molar-refractivity contribution is 6.31. The maximum Gasteiger partial charge on any atom is 0.573 e. The first-order valence-electron chi connectivity index (χ1n) is 17.6. The number of rotatable bonds is 13. The van der Waals surface area contributed by atoms with Crippen LogP contribution in [-0.2, 0) is 51.6 Å². The second kappa shape index (κ2) is 25.5. The molecule has 306 valence electrons. The van der Waals surface area contributed by atoms with Crippen molar-refractivity contribution in [3.8, 4) is 5.75 Å². The van der Waals surface area contributed by atoms with E-state index < -0.39 is 18.1 Å². The first-order valence-corrected chi connectivity index (χ1v) is 18.0. The van der Waals surface area contributed by atoms with Gasteiger partial charge in [0, 0.05) is 16.1 Å². The van der Waals surface area contributed by atoms with E-state index in [1.54, 1.807) is 44.2 Å². The van der Waals surface area contributed by atoms with Crippen molar-refractivity contribution in [1.29, 1.82) is 0 Å². The molecule has 4 aromatic rings. The van der Waals surface area contributed by atoms with Crippen molar-refractivity contribution in [1.82, 2.24) is 0 Å². The van der Waals surface area contributed by atoms with Crippen molar-refractivity contribution in [2.24, 2.45) is 0 Å². The van der Waals surface area contributed by atoms with Crippen LogP contribution in [0, 0.1) is 5.82 Å². The number of para-hydroxylation sites is 1. The summed E-state index contributed by atoms with van der Waals surface area (Å²) < 4.78 is 112. The van der Waals surface area contributed by atoms with E-state index in [2.05, 4.69) is 4.74 Å². The predicted octanol–water partition coefficient (Wildman–Crippen LogP) is 13.2. The minimum Gasteiger partial charge on any atom is -0.405 e. The fraction of sp³-hybridized carbons (Fsp3) is 0.429. The Bertz CT molecular complexity index is 1570. The Morgan fingerprint density at radius 2 is 0.836 bits per heavy atom. The minimum atomic E-state index is -4.67. The Morgan fingerprint density at radius 1 is 0.473 bits per heavy atom. The molecule has 0 N–H and O–H groups in total. The molecule has 0 aromatic heterocycles. The largest absolute Gasteiger partial charge is 0.573 e. The molecule has 0 saturated carbocycles. The van der Waals surface area contributed by atoms with Crippen LogP contribution in [0.25, 0.3) is 0 Å². The number of ether oxygens (including phenoxy) is 5. The summed E-state index contributed by atoms with van der Waals surface area (Å²) in [5.41, 5.74) is 1.61. The smallest absolute Gasteiger partial charge is 0.405 e. The average molecular weight is 805 g/mol. The van der Waals surface area contributed by atoms with Gasteiger partial charge in [-0.05, 0) is 90.8 Å². The highest BCUT2D eigenvalue weighted by Crippen LogP contribution is 2.32. The van der Waals surface area contributed by atoms with Crippen LogP contribution in [0.2, 0.25) is 5.02 Å². The van der Waals surface area contributed by atoms with E-state index in [9.17, 15) is 30.7 Å². The molecule has 0 aliphatic carbocycles. The van der Waals surface area contributed by atoms with Gasteiger partial charge in [0.15, 0.2) is 0 Å². The van der Waals surface area contributed by atoms with Gasteiger partial charge in [-0.2, -0.15) is 13.2 Å². The van der Waals surface area contributed by atoms with Crippen LogP contribution >= 0.6 is 11.6 Å². The van der Waals surface area contributed by atoms with E-state index >= 15 is 0 Å². The molecule has 13 heteroatoms. The maximum atomic E-state index is 13.0. The van der Waals surface area contributed by atoms with Gasteiger partial charge in [-0.3, -0.25) is 0 Å². The molecule has 4 aromatic carbocycles. The van der Waals surface area contributed by atoms with Gasteiger partial charge in [0.2, 0.25) is 0 Å². The second-order valence-electron chi connectivity index (χ2n) is 12.9. The first kappa shape index (κ1) is 49.3. The molecule has 5 nitrogen and oxygen atoms in total. The predicted molar refractivity (Wildman–Crippen MR) is 202 cm³/mol. The van der Waals surface area contributed by atoms with Crippen molar-refractivity contribution in [3.05, 3.63) is 136 Å². The summed E-state index contributed by atoms with van der Waals surface area (Å²) in [7, 11) is 0. The Labute approximate surface area is 325 Å². The molecule has 0 amide bonds. The molecule has 0 bridgehead atoms. The van der Waals surface area contributed by atoms with Crippen LogP contribution in [0.15, 0.2) is 97.1 Å². The third kappa shape index (κ3) is 23.1. The lowest BCUT2D eigenvalue weighted by atomic mass is 10.1. The molecule has 0 saturated heterocycles. The highest BCUT2D eigenvalue weighted by Gasteiger charge is 2.33. The Balaban J connectivity index is 0.000000369. The Morgan fingerprint density at radius 3 is 1.29 bits per heavy atom. The Kier molecular flexibility index (Phi) is 22.9. The molecule has 0 heterocycles. The number of benzene rings is 4. The molecule has 0 aliphatic heterocycles. The van der Waals surface area contributed by atoms with Crippen LogP contribution in [0.4, 0.5) is 30.7 Å². The van der Waals surface area contributed by atoms with Crippen LogP contribution in [0.5, 0.6) is 5.75 Å². The lowest BCUT2D eigenvalue weighted by Gasteiger charge is -2.14. The van der Waals surface area contributed by atoms with E-state index in [0.717, 1.165) is 16.7 Å². The van der Waals surface area contributed by atoms with Crippen LogP contribution in [0.1, 0.15) is 83.2 Å². The summed E-state index contributed by atoms with van der Waals surface area (Å²) >= 11 is 5.93. The van der Waals surface area contributed by atoms with Crippen molar-refractivity contribution in [3.63, 3.8) is 0 Å². The van der Waals surface area contributed by atoms with Gasteiger partial charge in [0.25, 0.3) is 0 Å². The van der Waals surface area contributed by atoms with Gasteiger partial charge < -0.3 is 23.7 Å².